The molecule has 41 heavy (non-hydrogen) atoms. The molecule has 0 radical (unpaired) electrons. The van der Waals surface area contributed by atoms with Crippen LogP contribution in [0.3, 0.4) is 0 Å². The zero-order chi connectivity index (χ0) is 31.2. The van der Waals surface area contributed by atoms with Gasteiger partial charge in [-0.1, -0.05) is 81.4 Å². The third-order valence-corrected chi connectivity index (χ3v) is 6.32. The van der Waals surface area contributed by atoms with E-state index in [2.05, 4.69) is 62.7 Å². The number of nitrogens with zero attached hydrogens (tertiary/aromatic N) is 1. The fraction of sp³-hybridized carbons (Fsp3) is 0.389. The Labute approximate surface area is 248 Å². The number of hydrogen-bond acceptors (Lipinski definition) is 4. The van der Waals surface area contributed by atoms with E-state index in [1.807, 2.05) is 18.2 Å². The first kappa shape index (κ1) is 37.1. The van der Waals surface area contributed by atoms with Crippen molar-refractivity contribution >= 4 is 11.4 Å². The molecule has 4 nitrogen and oxygen atoms in total. The Morgan fingerprint density at radius 1 is 1.32 bits per heavy atom. The number of carbonyl (C=O) groups excluding carboxylic acids is 1. The number of carbonyl (C=O) groups is 1. The van der Waals surface area contributed by atoms with Crippen LogP contribution in [-0.4, -0.2) is 29.6 Å². The molecule has 0 bridgehead atoms. The molecule has 5 heteroatoms. The fourth-order valence-corrected chi connectivity index (χ4v) is 3.45. The minimum atomic E-state index is -0.437. The predicted octanol–water partition coefficient (Wildman–Crippen LogP) is 7.53. The van der Waals surface area contributed by atoms with Crippen molar-refractivity contribution in [3.63, 3.8) is 0 Å². The van der Waals surface area contributed by atoms with Gasteiger partial charge in [0.2, 0.25) is 0 Å². The molecular weight excluding hydrogens is 511 g/mol. The van der Waals surface area contributed by atoms with Crippen LogP contribution in [0.2, 0.25) is 0 Å². The van der Waals surface area contributed by atoms with E-state index in [-0.39, 0.29) is 13.0 Å². The van der Waals surface area contributed by atoms with Gasteiger partial charge in [0.25, 0.3) is 0 Å². The zero-order valence-electron chi connectivity index (χ0n) is 25.1. The Morgan fingerprint density at radius 3 is 2.54 bits per heavy atom. The summed E-state index contributed by atoms with van der Waals surface area (Å²) in [5.74, 6) is 8.29. The number of aliphatic hydroxyl groups is 1. The van der Waals surface area contributed by atoms with Gasteiger partial charge in [-0.3, -0.25) is 4.79 Å². The van der Waals surface area contributed by atoms with Crippen molar-refractivity contribution in [1.29, 1.82) is 5.26 Å². The number of rotatable bonds is 16. The van der Waals surface area contributed by atoms with Gasteiger partial charge in [0.15, 0.2) is 5.78 Å². The van der Waals surface area contributed by atoms with Gasteiger partial charge in [0, 0.05) is 20.7 Å². The second-order valence-corrected chi connectivity index (χ2v) is 9.79. The number of Topliss-reactive ketones (excluding diaryl/α,β-unsaturated/α-hetero) is 1. The fourth-order valence-electron chi connectivity index (χ4n) is 3.45. The number of hydrogen-bond donors (Lipinski definition) is 2. The van der Waals surface area contributed by atoms with E-state index in [0.29, 0.717) is 54.7 Å². The second-order valence-electron chi connectivity index (χ2n) is 9.79. The highest BCUT2D eigenvalue weighted by molar-refractivity contribution is 5.93. The molecule has 0 aliphatic heterocycles. The quantitative estimate of drug-likeness (QED) is 0.0952. The Morgan fingerprint density at radius 2 is 2.02 bits per heavy atom. The standard InChI is InChI=1S/C29H35FN2O.C7H10O.H2/c1-7-10-11-24(16-22(5)23(6)33)12-13-25(9-3)26-14-15-27(29(30)18-26)17-28(19-31)32-20-21(4)8-2;1-3-5-7(8)6-4-2;/h9,12-15,18,21,28,32H,3,5,8,11,16-17,20H2,1-2,4,6H3;1,4,7-8H,2,5-6H2;1H/b24-12+,25-13+;;/t21-,28-;;/m0../s1. The Hall–Kier alpha value is -3.95. The molecule has 1 rings (SSSR count). The first-order valence-corrected chi connectivity index (χ1v) is 13.8. The van der Waals surface area contributed by atoms with E-state index in [0.717, 1.165) is 24.1 Å². The molecule has 1 unspecified atom stereocenters. The van der Waals surface area contributed by atoms with Gasteiger partial charge in [0.05, 0.1) is 18.2 Å². The number of nitrogens with one attached hydrogen (secondary N) is 1. The van der Waals surface area contributed by atoms with Crippen molar-refractivity contribution in [2.24, 2.45) is 5.92 Å². The molecule has 0 saturated heterocycles. The van der Waals surface area contributed by atoms with Gasteiger partial charge < -0.3 is 10.4 Å². The smallest absolute Gasteiger partial charge is 0.155 e. The predicted molar refractivity (Wildman–Crippen MR) is 172 cm³/mol. The van der Waals surface area contributed by atoms with Gasteiger partial charge in [-0.15, -0.1) is 24.8 Å². The van der Waals surface area contributed by atoms with Crippen LogP contribution >= 0.6 is 0 Å². The minimum Gasteiger partial charge on any atom is -0.392 e. The summed E-state index contributed by atoms with van der Waals surface area (Å²) in [6.45, 7) is 19.4. The molecule has 1 aromatic carbocycles. The average molecular weight is 559 g/mol. The third-order valence-electron chi connectivity index (χ3n) is 6.32. The lowest BCUT2D eigenvalue weighted by molar-refractivity contribution is -0.113. The van der Waals surface area contributed by atoms with Crippen molar-refractivity contribution in [1.82, 2.24) is 5.32 Å². The first-order chi connectivity index (χ1) is 19.6. The van der Waals surface area contributed by atoms with E-state index in [1.54, 1.807) is 25.1 Å². The van der Waals surface area contributed by atoms with Crippen LogP contribution < -0.4 is 5.32 Å². The number of nitriles is 1. The second kappa shape index (κ2) is 21.8. The number of terminal acetylenes is 1. The summed E-state index contributed by atoms with van der Waals surface area (Å²) >= 11 is 0. The third kappa shape index (κ3) is 16.0. The molecule has 1 aromatic rings. The topological polar surface area (TPSA) is 73.1 Å². The highest BCUT2D eigenvalue weighted by atomic mass is 19.1. The molecule has 0 aliphatic rings. The number of aliphatic hydroxyl groups excluding tert-OH is 1. The summed E-state index contributed by atoms with van der Waals surface area (Å²) in [6.07, 6.45) is 14.9. The zero-order valence-corrected chi connectivity index (χ0v) is 25.1. The number of halogens is 1. The van der Waals surface area contributed by atoms with Gasteiger partial charge in [-0.05, 0) is 67.5 Å². The van der Waals surface area contributed by atoms with E-state index in [4.69, 9.17) is 11.5 Å². The molecule has 0 aliphatic carbocycles. The van der Waals surface area contributed by atoms with Crippen LogP contribution in [0.4, 0.5) is 4.39 Å². The number of allylic oxidation sites excluding steroid dienone is 6. The maximum Gasteiger partial charge on any atom is 0.155 e. The van der Waals surface area contributed by atoms with E-state index >= 15 is 0 Å². The Balaban J connectivity index is 0. The maximum absolute atomic E-state index is 14.9. The van der Waals surface area contributed by atoms with Crippen molar-refractivity contribution in [2.75, 3.05) is 6.54 Å². The van der Waals surface area contributed by atoms with Crippen LogP contribution in [0.15, 0.2) is 73.4 Å². The molecule has 220 valence electrons. The van der Waals surface area contributed by atoms with Gasteiger partial charge in [-0.25, -0.2) is 4.39 Å². The van der Waals surface area contributed by atoms with E-state index < -0.39 is 12.1 Å². The largest absolute Gasteiger partial charge is 0.392 e. The summed E-state index contributed by atoms with van der Waals surface area (Å²) in [5, 5.41) is 21.5. The van der Waals surface area contributed by atoms with Crippen molar-refractivity contribution in [3.8, 4) is 30.3 Å². The lowest BCUT2D eigenvalue weighted by Crippen LogP contribution is -2.33. The Kier molecular flexibility index (Phi) is 19.7. The molecule has 0 spiro atoms. The molecule has 0 saturated carbocycles. The van der Waals surface area contributed by atoms with E-state index in [9.17, 15) is 14.4 Å². The monoisotopic (exact) mass is 558 g/mol. The van der Waals surface area contributed by atoms with Crippen LogP contribution in [0.25, 0.3) is 5.57 Å². The molecular formula is C36H47FN2O2. The van der Waals surface area contributed by atoms with Crippen molar-refractivity contribution < 1.29 is 15.7 Å². The van der Waals surface area contributed by atoms with Crippen LogP contribution in [0.1, 0.15) is 72.4 Å². The highest BCUT2D eigenvalue weighted by Gasteiger charge is 2.13. The van der Waals surface area contributed by atoms with Gasteiger partial charge in [0.1, 0.15) is 5.82 Å². The van der Waals surface area contributed by atoms with Crippen molar-refractivity contribution in [3.05, 3.63) is 90.3 Å². The highest BCUT2D eigenvalue weighted by Crippen LogP contribution is 2.22. The lowest BCUT2D eigenvalue weighted by Gasteiger charge is -2.15. The summed E-state index contributed by atoms with van der Waals surface area (Å²) in [5.41, 5.74) is 3.41. The minimum absolute atomic E-state index is 0. The first-order valence-electron chi connectivity index (χ1n) is 13.8. The Bertz CT molecular complexity index is 1240. The number of benzene rings is 1. The van der Waals surface area contributed by atoms with Gasteiger partial charge in [-0.2, -0.15) is 5.26 Å². The van der Waals surface area contributed by atoms with Crippen LogP contribution in [-0.2, 0) is 11.2 Å². The molecule has 0 aromatic heterocycles. The maximum atomic E-state index is 14.9. The summed E-state index contributed by atoms with van der Waals surface area (Å²) in [6, 6.07) is 6.82. The lowest BCUT2D eigenvalue weighted by atomic mass is 9.97. The normalized spacial score (nSPS) is 13.1. The van der Waals surface area contributed by atoms with E-state index in [1.165, 1.54) is 13.0 Å². The van der Waals surface area contributed by atoms with Gasteiger partial charge >= 0.3 is 0 Å². The summed E-state index contributed by atoms with van der Waals surface area (Å²) in [4.78, 5) is 11.6. The SMILES string of the molecule is C#CCC(O)CC=C.C=C/C(=C\C=C(/CC#CC)CC(=C)C(C)=O)c1ccc(C[C@@H](C#N)NC[C@@H](C)CC)c(F)c1.[HH]. The summed E-state index contributed by atoms with van der Waals surface area (Å²) in [7, 11) is 0. The molecule has 0 amide bonds. The molecule has 0 fully saturated rings. The van der Waals surface area contributed by atoms with Crippen LogP contribution in [0.5, 0.6) is 0 Å². The van der Waals surface area contributed by atoms with Crippen LogP contribution in [0, 0.1) is 47.3 Å². The molecule has 0 heterocycles. The molecule has 2 N–H and O–H groups in total. The summed E-state index contributed by atoms with van der Waals surface area (Å²) < 4.78 is 14.9. The molecule has 3 atom stereocenters. The number of ketones is 1. The average Bonchev–Trinajstić information content (AvgIpc) is 2.95. The van der Waals surface area contributed by atoms with Crippen molar-refractivity contribution in [2.45, 2.75) is 78.4 Å².